The molecule has 1 saturated carbocycles. The second-order valence-corrected chi connectivity index (χ2v) is 10.2. The molecule has 0 aromatic carbocycles. The number of hydrogen-bond acceptors (Lipinski definition) is 4. The van der Waals surface area contributed by atoms with E-state index in [0.29, 0.717) is 24.7 Å². The molecule has 7 nitrogen and oxygen atoms in total. The van der Waals surface area contributed by atoms with Crippen molar-refractivity contribution in [3.8, 4) is 0 Å². The zero-order valence-corrected chi connectivity index (χ0v) is 19.6. The third kappa shape index (κ3) is 4.14. The van der Waals surface area contributed by atoms with Gasteiger partial charge in [0.05, 0.1) is 5.69 Å². The van der Waals surface area contributed by atoms with Gasteiger partial charge in [-0.3, -0.25) is 9.59 Å². The summed E-state index contributed by atoms with van der Waals surface area (Å²) in [6.45, 7) is 9.73. The van der Waals surface area contributed by atoms with Gasteiger partial charge in [-0.15, -0.1) is 0 Å². The van der Waals surface area contributed by atoms with E-state index in [4.69, 9.17) is 10.1 Å². The van der Waals surface area contributed by atoms with Crippen LogP contribution in [-0.2, 0) is 16.0 Å². The standard InChI is InChI=1S/C25H35N5O2/c1-16-5-4-11-28(14-16)24(31)9-8-21-17(2)26-23-13-22(27-30(23)18(21)3)20-10-12-29(15-20)25(32)19-6-7-19/h13,16,19-20H,4-12,14-15H2,1-3H3. The van der Waals surface area contributed by atoms with Crippen LogP contribution in [0.15, 0.2) is 6.07 Å². The second-order valence-electron chi connectivity index (χ2n) is 10.2. The van der Waals surface area contributed by atoms with Crippen molar-refractivity contribution in [1.29, 1.82) is 0 Å². The summed E-state index contributed by atoms with van der Waals surface area (Å²) in [5.74, 6) is 1.74. The number of likely N-dealkylation sites (tertiary alicyclic amines) is 2. The van der Waals surface area contributed by atoms with Gasteiger partial charge in [0.2, 0.25) is 11.8 Å². The van der Waals surface area contributed by atoms with E-state index in [-0.39, 0.29) is 17.7 Å². The predicted octanol–water partition coefficient (Wildman–Crippen LogP) is 3.26. The number of nitrogens with zero attached hydrogens (tertiary/aromatic N) is 5. The van der Waals surface area contributed by atoms with Crippen LogP contribution in [0.3, 0.4) is 0 Å². The highest BCUT2D eigenvalue weighted by Crippen LogP contribution is 2.35. The lowest BCUT2D eigenvalue weighted by molar-refractivity contribution is -0.133. The van der Waals surface area contributed by atoms with E-state index in [2.05, 4.69) is 19.9 Å². The Hall–Kier alpha value is -2.44. The minimum Gasteiger partial charge on any atom is -0.342 e. The van der Waals surface area contributed by atoms with E-state index in [1.54, 1.807) is 0 Å². The Morgan fingerprint density at radius 2 is 1.88 bits per heavy atom. The van der Waals surface area contributed by atoms with Crippen molar-refractivity contribution in [2.75, 3.05) is 26.2 Å². The minimum atomic E-state index is 0.253. The molecular formula is C25H35N5O2. The van der Waals surface area contributed by atoms with Gasteiger partial charge < -0.3 is 9.80 Å². The van der Waals surface area contributed by atoms with Crippen LogP contribution in [0.5, 0.6) is 0 Å². The highest BCUT2D eigenvalue weighted by atomic mass is 16.2. The Labute approximate surface area is 190 Å². The van der Waals surface area contributed by atoms with E-state index in [1.807, 2.05) is 21.2 Å². The van der Waals surface area contributed by atoms with Crippen molar-refractivity contribution in [1.82, 2.24) is 24.4 Å². The molecule has 4 heterocycles. The lowest BCUT2D eigenvalue weighted by Gasteiger charge is -2.31. The van der Waals surface area contributed by atoms with Gasteiger partial charge in [-0.25, -0.2) is 9.50 Å². The van der Waals surface area contributed by atoms with E-state index >= 15 is 0 Å². The Kier molecular flexibility index (Phi) is 5.68. The Balaban J connectivity index is 1.30. The molecule has 2 unspecified atom stereocenters. The van der Waals surface area contributed by atoms with Crippen LogP contribution in [0.25, 0.3) is 5.65 Å². The molecule has 0 spiro atoms. The van der Waals surface area contributed by atoms with Gasteiger partial charge in [0.25, 0.3) is 0 Å². The summed E-state index contributed by atoms with van der Waals surface area (Å²) in [5.41, 5.74) is 5.08. The van der Waals surface area contributed by atoms with Gasteiger partial charge in [0, 0.05) is 61.9 Å². The molecule has 0 N–H and O–H groups in total. The molecule has 2 atom stereocenters. The molecule has 1 aliphatic carbocycles. The van der Waals surface area contributed by atoms with Gasteiger partial charge >= 0.3 is 0 Å². The van der Waals surface area contributed by atoms with Crippen molar-refractivity contribution in [3.05, 3.63) is 28.7 Å². The van der Waals surface area contributed by atoms with Crippen LogP contribution in [-0.4, -0.2) is 62.4 Å². The molecule has 0 bridgehead atoms. The van der Waals surface area contributed by atoms with Crippen molar-refractivity contribution < 1.29 is 9.59 Å². The number of amides is 2. The highest BCUT2D eigenvalue weighted by Gasteiger charge is 2.37. The maximum atomic E-state index is 12.8. The van der Waals surface area contributed by atoms with Gasteiger partial charge in [-0.05, 0) is 63.9 Å². The summed E-state index contributed by atoms with van der Waals surface area (Å²) in [5, 5.41) is 4.90. The molecule has 5 rings (SSSR count). The normalized spacial score (nSPS) is 23.8. The summed E-state index contributed by atoms with van der Waals surface area (Å²) in [6.07, 6.45) is 6.63. The number of carbonyl (C=O) groups excluding carboxylic acids is 2. The van der Waals surface area contributed by atoms with Crippen LogP contribution >= 0.6 is 0 Å². The SMILES string of the molecule is Cc1nc2cc(C3CCN(C(=O)C4CC4)C3)nn2c(C)c1CCC(=O)N1CCCC(C)C1. The lowest BCUT2D eigenvalue weighted by Crippen LogP contribution is -2.39. The summed E-state index contributed by atoms with van der Waals surface area (Å²) < 4.78 is 1.94. The third-order valence-corrected chi connectivity index (χ3v) is 7.63. The second kappa shape index (κ2) is 8.49. The lowest BCUT2D eigenvalue weighted by atomic mass is 9.99. The fraction of sp³-hybridized carbons (Fsp3) is 0.680. The fourth-order valence-corrected chi connectivity index (χ4v) is 5.50. The number of aromatic nitrogens is 3. The molecule has 0 radical (unpaired) electrons. The highest BCUT2D eigenvalue weighted by molar-refractivity contribution is 5.81. The Morgan fingerprint density at radius 3 is 2.62 bits per heavy atom. The Bertz CT molecular complexity index is 1040. The zero-order chi connectivity index (χ0) is 22.4. The molecular weight excluding hydrogens is 402 g/mol. The molecule has 2 aromatic heterocycles. The number of rotatable bonds is 5. The smallest absolute Gasteiger partial charge is 0.225 e. The van der Waals surface area contributed by atoms with Crippen LogP contribution in [0.4, 0.5) is 0 Å². The number of piperidine rings is 1. The quantitative estimate of drug-likeness (QED) is 0.720. The molecule has 2 aromatic rings. The van der Waals surface area contributed by atoms with Crippen LogP contribution in [0.1, 0.15) is 74.0 Å². The zero-order valence-electron chi connectivity index (χ0n) is 19.6. The summed E-state index contributed by atoms with van der Waals surface area (Å²) >= 11 is 0. The van der Waals surface area contributed by atoms with E-state index in [0.717, 1.165) is 80.2 Å². The number of aryl methyl sites for hydroxylation is 2. The van der Waals surface area contributed by atoms with Crippen molar-refractivity contribution >= 4 is 17.5 Å². The first-order valence-corrected chi connectivity index (χ1v) is 12.3. The molecule has 3 fully saturated rings. The summed E-state index contributed by atoms with van der Waals surface area (Å²) in [4.78, 5) is 34.1. The van der Waals surface area contributed by atoms with Crippen LogP contribution in [0.2, 0.25) is 0 Å². The van der Waals surface area contributed by atoms with E-state index in [1.165, 1.54) is 6.42 Å². The summed E-state index contributed by atoms with van der Waals surface area (Å²) in [6, 6.07) is 2.08. The van der Waals surface area contributed by atoms with Crippen molar-refractivity contribution in [2.45, 2.75) is 71.6 Å². The number of hydrogen-bond donors (Lipinski definition) is 0. The topological polar surface area (TPSA) is 70.8 Å². The van der Waals surface area contributed by atoms with Crippen molar-refractivity contribution in [3.63, 3.8) is 0 Å². The van der Waals surface area contributed by atoms with Gasteiger partial charge in [0.15, 0.2) is 5.65 Å². The molecule has 2 aliphatic heterocycles. The first kappa shape index (κ1) is 21.4. The van der Waals surface area contributed by atoms with Crippen LogP contribution in [0, 0.1) is 25.7 Å². The van der Waals surface area contributed by atoms with Gasteiger partial charge in [-0.2, -0.15) is 5.10 Å². The van der Waals surface area contributed by atoms with E-state index < -0.39 is 0 Å². The maximum absolute atomic E-state index is 12.8. The van der Waals surface area contributed by atoms with E-state index in [9.17, 15) is 9.59 Å². The number of fused-ring (bicyclic) bond motifs is 1. The molecule has 7 heteroatoms. The average Bonchev–Trinajstić information content (AvgIpc) is 3.34. The number of carbonyl (C=O) groups is 2. The molecule has 3 aliphatic rings. The predicted molar refractivity (Wildman–Crippen MR) is 122 cm³/mol. The van der Waals surface area contributed by atoms with Gasteiger partial charge in [0.1, 0.15) is 0 Å². The first-order valence-electron chi connectivity index (χ1n) is 12.3. The molecule has 32 heavy (non-hydrogen) atoms. The fourth-order valence-electron chi connectivity index (χ4n) is 5.50. The van der Waals surface area contributed by atoms with Crippen molar-refractivity contribution in [2.24, 2.45) is 11.8 Å². The molecule has 172 valence electrons. The largest absolute Gasteiger partial charge is 0.342 e. The summed E-state index contributed by atoms with van der Waals surface area (Å²) in [7, 11) is 0. The van der Waals surface area contributed by atoms with Crippen LogP contribution < -0.4 is 0 Å². The Morgan fingerprint density at radius 1 is 1.06 bits per heavy atom. The molecule has 2 saturated heterocycles. The monoisotopic (exact) mass is 437 g/mol. The first-order chi connectivity index (χ1) is 15.4. The minimum absolute atomic E-state index is 0.253. The maximum Gasteiger partial charge on any atom is 0.225 e. The molecule has 2 amide bonds. The third-order valence-electron chi connectivity index (χ3n) is 7.63. The van der Waals surface area contributed by atoms with Gasteiger partial charge in [-0.1, -0.05) is 6.92 Å². The average molecular weight is 438 g/mol.